The molecule has 0 fully saturated rings. The molecule has 0 spiro atoms. The van der Waals surface area contributed by atoms with E-state index < -0.39 is 23.9 Å². The fraction of sp³-hybridized carbons (Fsp3) is 0.375. The van der Waals surface area contributed by atoms with Gasteiger partial charge in [-0.15, -0.1) is 0 Å². The fourth-order valence-electron chi connectivity index (χ4n) is 1.35. The maximum atomic E-state index is 13.0. The Balaban J connectivity index is 2.30. The van der Waals surface area contributed by atoms with E-state index in [1.807, 2.05) is 0 Å². The van der Waals surface area contributed by atoms with Gasteiger partial charge >= 0.3 is 5.82 Å². The Morgan fingerprint density at radius 3 is 3.00 bits per heavy atom. The molecule has 0 saturated heterocycles. The number of nitro groups is 1. The topological polar surface area (TPSA) is 98.5 Å². The van der Waals surface area contributed by atoms with Crippen LogP contribution in [0.4, 0.5) is 20.4 Å². The summed E-state index contributed by atoms with van der Waals surface area (Å²) in [5.41, 5.74) is 4.88. The van der Waals surface area contributed by atoms with Gasteiger partial charge in [0.15, 0.2) is 0 Å². The number of thiazole rings is 1. The minimum absolute atomic E-state index is 0.181. The molecule has 0 aromatic carbocycles. The Hall–Kier alpha value is -1.81. The molecule has 3 N–H and O–H groups in total. The first-order valence-corrected chi connectivity index (χ1v) is 5.74. The van der Waals surface area contributed by atoms with E-state index in [-0.39, 0.29) is 11.6 Å². The predicted octanol–water partition coefficient (Wildman–Crippen LogP) is 1.31. The van der Waals surface area contributed by atoms with Gasteiger partial charge in [0.25, 0.3) is 10.9 Å². The molecule has 2 aromatic heterocycles. The third-order valence-corrected chi connectivity index (χ3v) is 2.98. The zero-order chi connectivity index (χ0) is 13.3. The maximum Gasteiger partial charge on any atom is 0.372 e. The summed E-state index contributed by atoms with van der Waals surface area (Å²) in [5.74, 6) is -3.68. The number of nitrogens with two attached hydrogens (primary N) is 1. The highest BCUT2D eigenvalue weighted by molar-refractivity contribution is 7.15. The molecule has 18 heavy (non-hydrogen) atoms. The summed E-state index contributed by atoms with van der Waals surface area (Å²) < 4.78 is 27.2. The van der Waals surface area contributed by atoms with Crippen LogP contribution in [0.3, 0.4) is 0 Å². The molecule has 0 saturated carbocycles. The van der Waals surface area contributed by atoms with Crippen molar-refractivity contribution < 1.29 is 13.7 Å². The van der Waals surface area contributed by atoms with Gasteiger partial charge in [-0.25, -0.2) is 8.78 Å². The van der Waals surface area contributed by atoms with Crippen molar-refractivity contribution in [1.29, 1.82) is 0 Å². The second kappa shape index (κ2) is 4.46. The monoisotopic (exact) mass is 277 g/mol. The van der Waals surface area contributed by atoms with Gasteiger partial charge in [0.2, 0.25) is 5.82 Å². The summed E-state index contributed by atoms with van der Waals surface area (Å²) in [6, 6.07) is 0. The smallest absolute Gasteiger partial charge is 0.358 e. The van der Waals surface area contributed by atoms with Crippen LogP contribution in [-0.2, 0) is 0 Å². The van der Waals surface area contributed by atoms with Crippen LogP contribution in [0, 0.1) is 10.1 Å². The number of hydrogen-bond acceptors (Lipinski definition) is 6. The van der Waals surface area contributed by atoms with E-state index in [0.29, 0.717) is 4.96 Å². The summed E-state index contributed by atoms with van der Waals surface area (Å²) in [4.78, 5) is 14.5. The Bertz CT molecular complexity index is 581. The molecule has 0 bridgehead atoms. The molecule has 2 heterocycles. The van der Waals surface area contributed by atoms with Crippen LogP contribution in [0.15, 0.2) is 11.6 Å². The summed E-state index contributed by atoms with van der Waals surface area (Å²) >= 11 is 1.17. The van der Waals surface area contributed by atoms with Crippen LogP contribution in [-0.4, -0.2) is 33.3 Å². The lowest BCUT2D eigenvalue weighted by molar-refractivity contribution is -0.389. The molecule has 0 aliphatic heterocycles. The van der Waals surface area contributed by atoms with Gasteiger partial charge in [-0.2, -0.15) is 9.38 Å². The minimum atomic E-state index is -3.13. The zero-order valence-corrected chi connectivity index (χ0v) is 9.79. The van der Waals surface area contributed by atoms with Gasteiger partial charge in [-0.05, 0) is 4.92 Å². The molecule has 0 radical (unpaired) electrons. The van der Waals surface area contributed by atoms with Gasteiger partial charge < -0.3 is 21.2 Å². The molecular formula is C8H9F2N5O2S. The Morgan fingerprint density at radius 1 is 1.67 bits per heavy atom. The van der Waals surface area contributed by atoms with Gasteiger partial charge in [0, 0.05) is 5.38 Å². The van der Waals surface area contributed by atoms with Crippen LogP contribution >= 0.6 is 11.3 Å². The number of halogens is 2. The second-order valence-corrected chi connectivity index (χ2v) is 4.38. The molecule has 0 amide bonds. The van der Waals surface area contributed by atoms with Gasteiger partial charge in [0.05, 0.1) is 13.1 Å². The average molecular weight is 277 g/mol. The number of nitrogens with one attached hydrogen (secondary N) is 1. The minimum Gasteiger partial charge on any atom is -0.358 e. The average Bonchev–Trinajstić information content (AvgIpc) is 2.85. The molecule has 2 aromatic rings. The third kappa shape index (κ3) is 2.24. The number of hydrogen-bond donors (Lipinski definition) is 2. The standard InChI is InChI=1S/C8H9F2N5O2S/c9-8(10,3-11)4-12-5-6(15(16)17)14-1-2-18-7(14)13-5/h1-2,12H,3-4,11H2. The largest absolute Gasteiger partial charge is 0.372 e. The predicted molar refractivity (Wildman–Crippen MR) is 62.2 cm³/mol. The van der Waals surface area contributed by atoms with E-state index in [1.165, 1.54) is 21.9 Å². The van der Waals surface area contributed by atoms with E-state index in [4.69, 9.17) is 5.73 Å². The van der Waals surface area contributed by atoms with E-state index in [9.17, 15) is 18.9 Å². The van der Waals surface area contributed by atoms with E-state index in [0.717, 1.165) is 0 Å². The SMILES string of the molecule is NCC(F)(F)CNc1nc2sccn2c1[N+](=O)[O-]. The van der Waals surface area contributed by atoms with Gasteiger partial charge in [-0.3, -0.25) is 0 Å². The number of rotatable bonds is 5. The third-order valence-electron chi connectivity index (χ3n) is 2.22. The molecule has 7 nitrogen and oxygen atoms in total. The van der Waals surface area contributed by atoms with Crippen molar-refractivity contribution in [2.24, 2.45) is 5.73 Å². The van der Waals surface area contributed by atoms with Crippen LogP contribution in [0.1, 0.15) is 0 Å². The summed E-state index contributed by atoms with van der Waals surface area (Å²) in [5, 5.41) is 14.8. The molecule has 0 aliphatic carbocycles. The highest BCUT2D eigenvalue weighted by Crippen LogP contribution is 2.28. The van der Waals surface area contributed by atoms with E-state index in [1.54, 1.807) is 5.38 Å². The van der Waals surface area contributed by atoms with Gasteiger partial charge in [-0.1, -0.05) is 11.3 Å². The van der Waals surface area contributed by atoms with Crippen LogP contribution in [0.5, 0.6) is 0 Å². The second-order valence-electron chi connectivity index (χ2n) is 3.51. The lowest BCUT2D eigenvalue weighted by Crippen LogP contribution is -2.35. The molecule has 10 heteroatoms. The van der Waals surface area contributed by atoms with Crippen molar-refractivity contribution in [3.8, 4) is 0 Å². The number of imidazole rings is 1. The van der Waals surface area contributed by atoms with Gasteiger partial charge in [0.1, 0.15) is 6.20 Å². The number of nitrogens with zero attached hydrogens (tertiary/aromatic N) is 3. The van der Waals surface area contributed by atoms with Crippen molar-refractivity contribution in [3.63, 3.8) is 0 Å². The number of fused-ring (bicyclic) bond motifs is 1. The normalized spacial score (nSPS) is 11.9. The fourth-order valence-corrected chi connectivity index (χ4v) is 2.06. The van der Waals surface area contributed by atoms with Crippen molar-refractivity contribution in [1.82, 2.24) is 9.38 Å². The highest BCUT2D eigenvalue weighted by atomic mass is 32.1. The number of alkyl halides is 2. The van der Waals surface area contributed by atoms with Crippen molar-refractivity contribution in [3.05, 3.63) is 21.7 Å². The molecule has 98 valence electrons. The van der Waals surface area contributed by atoms with Crippen molar-refractivity contribution in [2.75, 3.05) is 18.4 Å². The van der Waals surface area contributed by atoms with Crippen molar-refractivity contribution >= 4 is 27.9 Å². The quantitative estimate of drug-likeness (QED) is 0.634. The van der Waals surface area contributed by atoms with Crippen LogP contribution in [0.2, 0.25) is 0 Å². The van der Waals surface area contributed by atoms with E-state index in [2.05, 4.69) is 10.3 Å². The lowest BCUT2D eigenvalue weighted by atomic mass is 10.3. The summed E-state index contributed by atoms with van der Waals surface area (Å²) in [7, 11) is 0. The molecule has 0 atom stereocenters. The first kappa shape index (κ1) is 12.6. The van der Waals surface area contributed by atoms with Crippen molar-refractivity contribution in [2.45, 2.75) is 5.92 Å². The Kier molecular flexibility index (Phi) is 3.13. The molecule has 0 aliphatic rings. The number of anilines is 1. The Labute approximate surface area is 103 Å². The maximum absolute atomic E-state index is 13.0. The van der Waals surface area contributed by atoms with Crippen LogP contribution < -0.4 is 11.1 Å². The Morgan fingerprint density at radius 2 is 2.39 bits per heavy atom. The molecule has 0 unspecified atom stereocenters. The zero-order valence-electron chi connectivity index (χ0n) is 8.97. The first-order valence-electron chi connectivity index (χ1n) is 4.86. The summed E-state index contributed by atoms with van der Waals surface area (Å²) in [6.07, 6.45) is 1.46. The molecule has 2 rings (SSSR count). The lowest BCUT2D eigenvalue weighted by Gasteiger charge is -2.13. The first-order chi connectivity index (χ1) is 8.44. The highest BCUT2D eigenvalue weighted by Gasteiger charge is 2.30. The number of aromatic nitrogens is 2. The summed E-state index contributed by atoms with van der Waals surface area (Å²) in [6.45, 7) is -1.63. The molecular weight excluding hydrogens is 268 g/mol. The van der Waals surface area contributed by atoms with E-state index >= 15 is 0 Å². The van der Waals surface area contributed by atoms with Crippen LogP contribution in [0.25, 0.3) is 4.96 Å².